The van der Waals surface area contributed by atoms with E-state index >= 15 is 0 Å². The molecule has 18 aromatic rings. The van der Waals surface area contributed by atoms with E-state index in [1.807, 2.05) is 113 Å². The van der Waals surface area contributed by atoms with Gasteiger partial charge in [0.05, 0.1) is 135 Å². The molecule has 0 saturated carbocycles. The van der Waals surface area contributed by atoms with Crippen LogP contribution in [0, 0.1) is 0 Å². The number of thiophene rings is 4. The van der Waals surface area contributed by atoms with Crippen LogP contribution >= 0.6 is 45.3 Å². The van der Waals surface area contributed by atoms with Crippen LogP contribution in [-0.2, 0) is 49.9 Å². The van der Waals surface area contributed by atoms with E-state index in [0.717, 1.165) is 269 Å². The molecule has 13 aromatic heterocycles. The molecule has 0 bridgehead atoms. The number of piperazine rings is 4. The number of hydrogen-bond acceptors (Lipinski definition) is 36. The number of nitrogens with zero attached hydrogens (tertiary/aromatic N) is 27. The standard InChI is InChI=1S/C29H31N7O4S.C26H27N9O2S.2C25H27N7O2S/c1-17(2)40-26-23(24(37)25(26)38)35-8-6-34(7-9-35)16-18-14-22-27(41-18)29(36-10-12-39-13-11-36)32-28(31-22)19-4-3-5-21-20(19)15-30-33-21;36-26(35-5-4-27-17-35)34-8-6-32(7-9-34)16-18-14-22-23(38-18)25(33-10-12-37-13-11-33)30-24(29-22)19-2-1-3-21-20(19)15-28-31-21;1-2-22(33)31-8-6-30(7-9-31)16-17-14-21-23(35-17)25(32-10-12-34-13-11-32)28-24(27-21)18-4-3-5-20-19(18)15-26-29-20;33-25(32-7-6-26-18-32)31-10-8-29(9-11-31)17-20-16-21-22(35-20)24(30-12-14-34-15-13-30)28-23(27-21)19-4-2-1-3-5-19/h3-5,14-15,17H,6-13,16H2,1-2H3,(H,30,33);1-5,14-15,17H,6-13,16H2,(H,28,31);2-5,14-15H,1,6-13,16H2,(H,26,29);1-7,16,18H,8-15,17H2. The van der Waals surface area contributed by atoms with E-state index in [2.05, 4.69) is 135 Å². The topological polar surface area (TPSA) is 395 Å². The van der Waals surface area contributed by atoms with Crippen LogP contribution in [0.5, 0.6) is 5.75 Å². The second-order valence-electron chi connectivity index (χ2n) is 38.0. The molecule has 3 N–H and O–H groups in total. The second-order valence-corrected chi connectivity index (χ2v) is 42.5. The van der Waals surface area contributed by atoms with E-state index in [0.29, 0.717) is 115 Å². The molecule has 26 rings (SSSR count). The molecular weight excluding hydrogens is 1970 g/mol. The Morgan fingerprint density at radius 1 is 0.383 bits per heavy atom. The molecule has 5 aromatic carbocycles. The SMILES string of the molecule is C=CC(=O)N1CCN(Cc2cc3nc(-c4cccc5[nH]ncc45)nc(N4CCOCC4)c3s2)CC1.CC(C)Oc1c(N2CCN(Cc3cc4nc(-c5cccc6[nH]ncc56)nc(N5CCOCC5)c4s3)CC2)c(=O)c1=O.O=C(N1CCN(Cc2cc3nc(-c4cccc5[nH]ncc45)nc(N4CCOCC4)c3s2)CC1)n1ccnc1.O=C(N1CCN(Cc2cc3nc(-c4ccccc4)nc(N4CCOCC4)c3s2)CC1)n1ccnc1. The first-order valence-corrected chi connectivity index (χ1v) is 53.8. The number of hydrogen-bond donors (Lipinski definition) is 3. The van der Waals surface area contributed by atoms with Gasteiger partial charge in [0, 0.05) is 266 Å². The minimum atomic E-state index is -0.512. The monoisotopic (exact) mass is 2080 g/mol. The van der Waals surface area contributed by atoms with Crippen LogP contribution in [0.4, 0.5) is 38.5 Å². The summed E-state index contributed by atoms with van der Waals surface area (Å²) in [5, 5.41) is 24.8. The third-order valence-corrected chi connectivity index (χ3v) is 32.5. The van der Waals surface area contributed by atoms with E-state index in [9.17, 15) is 24.0 Å². The van der Waals surface area contributed by atoms with E-state index in [1.165, 1.54) is 34.7 Å². The number of imidazole rings is 2. The first-order chi connectivity index (χ1) is 73.1. The predicted octanol–water partition coefficient (Wildman–Crippen LogP) is 11.9. The number of carbonyl (C=O) groups excluding carboxylic acids is 3. The minimum Gasteiger partial charge on any atom is -0.485 e. The average molecular weight is 2080 g/mol. The Balaban J connectivity index is 0.000000109. The van der Waals surface area contributed by atoms with Crippen molar-refractivity contribution in [2.75, 3.05) is 234 Å². The summed E-state index contributed by atoms with van der Waals surface area (Å²) >= 11 is 7.05. The number of ether oxygens (including phenoxy) is 5. The zero-order valence-electron chi connectivity index (χ0n) is 82.7. The summed E-state index contributed by atoms with van der Waals surface area (Å²) in [7, 11) is 0. The summed E-state index contributed by atoms with van der Waals surface area (Å²) in [6.45, 7) is 34.9. The molecule has 766 valence electrons. The summed E-state index contributed by atoms with van der Waals surface area (Å²) in [4.78, 5) is 141. The fourth-order valence-corrected chi connectivity index (χ4v) is 24.8. The van der Waals surface area contributed by atoms with Gasteiger partial charge < -0.3 is 62.9 Å². The molecule has 21 heterocycles. The number of H-pyrrole nitrogens is 3. The van der Waals surface area contributed by atoms with Crippen molar-refractivity contribution < 1.29 is 38.1 Å². The highest BCUT2D eigenvalue weighted by Gasteiger charge is 2.35. The summed E-state index contributed by atoms with van der Waals surface area (Å²) in [5.74, 6) is 7.01. The van der Waals surface area contributed by atoms with Crippen molar-refractivity contribution in [3.63, 3.8) is 0 Å². The van der Waals surface area contributed by atoms with Crippen LogP contribution in [0.15, 0.2) is 187 Å². The highest BCUT2D eigenvalue weighted by Crippen LogP contribution is 2.43. The van der Waals surface area contributed by atoms with Crippen LogP contribution < -0.4 is 40.1 Å². The Bertz CT molecular complexity index is 7880. The Morgan fingerprint density at radius 2 is 0.711 bits per heavy atom. The molecule has 0 spiro atoms. The number of nitrogens with one attached hydrogen (secondary N) is 3. The molecule has 44 heteroatoms. The van der Waals surface area contributed by atoms with Crippen molar-refractivity contribution in [1.82, 2.24) is 124 Å². The molecule has 0 unspecified atom stereocenters. The maximum Gasteiger partial charge on any atom is 0.329 e. The quantitative estimate of drug-likeness (QED) is 0.0471. The molecule has 3 amide bonds. The Hall–Kier alpha value is -14.4. The second kappa shape index (κ2) is 44.2. The molecule has 149 heavy (non-hydrogen) atoms. The molecule has 8 fully saturated rings. The van der Waals surface area contributed by atoms with Gasteiger partial charge in [-0.3, -0.25) is 58.4 Å². The Labute approximate surface area is 871 Å². The fraction of sp³-hybridized carbons (Fsp3) is 0.371. The lowest BCUT2D eigenvalue weighted by molar-refractivity contribution is -0.127. The lowest BCUT2D eigenvalue weighted by Crippen LogP contribution is -2.51. The molecule has 8 aliphatic rings. The number of rotatable bonds is 20. The highest BCUT2D eigenvalue weighted by molar-refractivity contribution is 7.20. The molecule has 8 aliphatic heterocycles. The molecule has 8 saturated heterocycles. The van der Waals surface area contributed by atoms with Gasteiger partial charge in [0.15, 0.2) is 52.3 Å². The average Bonchev–Trinajstić information content (AvgIpc) is 1.76. The van der Waals surface area contributed by atoms with Crippen molar-refractivity contribution >= 4 is 166 Å². The molecule has 0 atom stereocenters. The number of amides is 3. The van der Waals surface area contributed by atoms with Gasteiger partial charge in [0.1, 0.15) is 18.3 Å². The lowest BCUT2D eigenvalue weighted by atomic mass is 10.1. The van der Waals surface area contributed by atoms with Gasteiger partial charge in [-0.05, 0) is 62.4 Å². The first-order valence-electron chi connectivity index (χ1n) is 50.6. The Kier molecular flexibility index (Phi) is 29.0. The largest absolute Gasteiger partial charge is 0.485 e. The molecule has 40 nitrogen and oxygen atoms in total. The van der Waals surface area contributed by atoms with E-state index in [-0.39, 0.29) is 29.8 Å². The number of anilines is 5. The number of fused-ring (bicyclic) bond motifs is 7. The van der Waals surface area contributed by atoms with Gasteiger partial charge in [-0.2, -0.15) is 15.3 Å². The van der Waals surface area contributed by atoms with Crippen LogP contribution in [-0.4, -0.2) is 358 Å². The van der Waals surface area contributed by atoms with Crippen LogP contribution in [0.3, 0.4) is 0 Å². The summed E-state index contributed by atoms with van der Waals surface area (Å²) in [6.07, 6.45) is 16.5. The van der Waals surface area contributed by atoms with Crippen molar-refractivity contribution in [3.8, 4) is 51.3 Å². The van der Waals surface area contributed by atoms with Gasteiger partial charge in [-0.15, -0.1) is 45.3 Å². The van der Waals surface area contributed by atoms with Crippen LogP contribution in [0.2, 0.25) is 0 Å². The summed E-state index contributed by atoms with van der Waals surface area (Å²) < 4.78 is 35.6. The van der Waals surface area contributed by atoms with Crippen molar-refractivity contribution in [2.24, 2.45) is 0 Å². The van der Waals surface area contributed by atoms with Gasteiger partial charge in [0.25, 0.3) is 10.9 Å². The fourth-order valence-electron chi connectivity index (χ4n) is 20.2. The van der Waals surface area contributed by atoms with Gasteiger partial charge in [0.2, 0.25) is 5.91 Å². The van der Waals surface area contributed by atoms with E-state index in [1.54, 1.807) is 82.8 Å². The Morgan fingerprint density at radius 3 is 1.04 bits per heavy atom. The molecule has 0 radical (unpaired) electrons. The number of aromatic amines is 3. The van der Waals surface area contributed by atoms with Crippen molar-refractivity contribution in [1.29, 1.82) is 0 Å². The third kappa shape index (κ3) is 21.3. The number of benzene rings is 4. The third-order valence-electron chi connectivity index (χ3n) is 28.1. The molecular formula is C105H112N30O10S4. The van der Waals surface area contributed by atoms with E-state index in [4.69, 9.17) is 63.6 Å². The zero-order chi connectivity index (χ0) is 101. The smallest absolute Gasteiger partial charge is 0.329 e. The van der Waals surface area contributed by atoms with Gasteiger partial charge >= 0.3 is 12.1 Å². The minimum absolute atomic E-state index is 0.0112. The van der Waals surface area contributed by atoms with Crippen LogP contribution in [0.25, 0.3) is 119 Å². The molecule has 0 aliphatic carbocycles. The lowest BCUT2D eigenvalue weighted by Gasteiger charge is -2.36. The van der Waals surface area contributed by atoms with Crippen molar-refractivity contribution in [3.05, 3.63) is 218 Å². The van der Waals surface area contributed by atoms with Crippen molar-refractivity contribution in [2.45, 2.75) is 46.1 Å². The summed E-state index contributed by atoms with van der Waals surface area (Å²) in [6, 6.07) is 37.1. The summed E-state index contributed by atoms with van der Waals surface area (Å²) in [5.41, 5.74) is 10.2. The predicted molar refractivity (Wildman–Crippen MR) is 579 cm³/mol. The maximum atomic E-state index is 12.6. The normalized spacial score (nSPS) is 17.1. The first kappa shape index (κ1) is 97.9. The van der Waals surface area contributed by atoms with Crippen LogP contribution in [0.1, 0.15) is 33.4 Å². The van der Waals surface area contributed by atoms with Gasteiger partial charge in [-0.1, -0.05) is 73.3 Å². The number of carbonyl (C=O) groups is 3. The maximum absolute atomic E-state index is 12.6. The number of aromatic nitrogens is 18. The zero-order valence-corrected chi connectivity index (χ0v) is 86.0. The number of morpholine rings is 4. The highest BCUT2D eigenvalue weighted by atomic mass is 32.1. The van der Waals surface area contributed by atoms with Gasteiger partial charge in [-0.25, -0.2) is 59.4 Å². The van der Waals surface area contributed by atoms with E-state index < -0.39 is 10.9 Å².